The second-order valence-corrected chi connectivity index (χ2v) is 5.73. The van der Waals surface area contributed by atoms with Crippen LogP contribution in [0.2, 0.25) is 0 Å². The minimum atomic E-state index is -0.0309. The molecular formula is C15H25N3O. The number of benzene rings is 1. The Kier molecular flexibility index (Phi) is 5.36. The molecule has 0 heterocycles. The highest BCUT2D eigenvalue weighted by atomic mass is 16.1. The summed E-state index contributed by atoms with van der Waals surface area (Å²) in [6.07, 6.45) is 1.25. The van der Waals surface area contributed by atoms with E-state index in [2.05, 4.69) is 24.1 Å². The zero-order chi connectivity index (χ0) is 14.5. The van der Waals surface area contributed by atoms with Gasteiger partial charge < -0.3 is 16.0 Å². The van der Waals surface area contributed by atoms with Crippen LogP contribution >= 0.6 is 0 Å². The molecule has 1 rings (SSSR count). The van der Waals surface area contributed by atoms with Crippen LogP contribution < -0.4 is 11.1 Å². The number of aryl methyl sites for hydroxylation is 1. The maximum Gasteiger partial charge on any atom is 0.220 e. The Labute approximate surface area is 116 Å². The van der Waals surface area contributed by atoms with Crippen molar-refractivity contribution >= 4 is 11.6 Å². The highest BCUT2D eigenvalue weighted by Gasteiger charge is 2.20. The Morgan fingerprint density at radius 3 is 2.37 bits per heavy atom. The number of likely N-dealkylation sites (N-methyl/N-ethyl adjacent to an activating group) is 1. The van der Waals surface area contributed by atoms with E-state index in [9.17, 15) is 4.79 Å². The summed E-state index contributed by atoms with van der Waals surface area (Å²) < 4.78 is 0. The van der Waals surface area contributed by atoms with Gasteiger partial charge in [0.15, 0.2) is 0 Å². The van der Waals surface area contributed by atoms with Crippen LogP contribution in [0, 0.1) is 0 Å². The second kappa shape index (κ2) is 6.57. The third-order valence-corrected chi connectivity index (χ3v) is 3.55. The van der Waals surface area contributed by atoms with Gasteiger partial charge in [-0.25, -0.2) is 0 Å². The minimum absolute atomic E-state index is 0.0309. The maximum atomic E-state index is 11.8. The van der Waals surface area contributed by atoms with E-state index in [0.29, 0.717) is 13.0 Å². The molecule has 0 spiro atoms. The highest BCUT2D eigenvalue weighted by molar-refractivity contribution is 5.76. The van der Waals surface area contributed by atoms with Crippen LogP contribution in [0.25, 0.3) is 0 Å². The van der Waals surface area contributed by atoms with Crippen molar-refractivity contribution in [1.82, 2.24) is 10.2 Å². The van der Waals surface area contributed by atoms with Crippen LogP contribution in [0.5, 0.6) is 0 Å². The molecule has 0 aliphatic rings. The van der Waals surface area contributed by atoms with E-state index < -0.39 is 0 Å². The number of nitrogens with zero attached hydrogens (tertiary/aromatic N) is 1. The lowest BCUT2D eigenvalue weighted by atomic mass is 10.0. The molecule has 1 amide bonds. The van der Waals surface area contributed by atoms with Crippen molar-refractivity contribution in [2.75, 3.05) is 26.4 Å². The van der Waals surface area contributed by atoms with Gasteiger partial charge in [-0.2, -0.15) is 0 Å². The molecule has 0 bridgehead atoms. The van der Waals surface area contributed by atoms with Crippen LogP contribution in [0.3, 0.4) is 0 Å². The van der Waals surface area contributed by atoms with Gasteiger partial charge in [-0.15, -0.1) is 0 Å². The van der Waals surface area contributed by atoms with Crippen LogP contribution in [0.1, 0.15) is 25.8 Å². The van der Waals surface area contributed by atoms with Crippen LogP contribution in [0.4, 0.5) is 5.69 Å². The molecule has 0 aliphatic carbocycles. The minimum Gasteiger partial charge on any atom is -0.399 e. The predicted octanol–water partition coefficient (Wildman–Crippen LogP) is 1.66. The quantitative estimate of drug-likeness (QED) is 0.767. The Morgan fingerprint density at radius 2 is 1.84 bits per heavy atom. The first-order chi connectivity index (χ1) is 8.81. The van der Waals surface area contributed by atoms with Crippen LogP contribution in [-0.4, -0.2) is 37.0 Å². The summed E-state index contributed by atoms with van der Waals surface area (Å²) in [5, 5.41) is 2.98. The SMILES string of the molecule is CN(C)C(C)(C)CNC(=O)CCc1ccc(N)cc1. The Bertz CT molecular complexity index is 410. The normalized spacial score (nSPS) is 11.6. The van der Waals surface area contributed by atoms with Crippen molar-refractivity contribution in [3.05, 3.63) is 29.8 Å². The van der Waals surface area contributed by atoms with Crippen molar-refractivity contribution in [3.63, 3.8) is 0 Å². The topological polar surface area (TPSA) is 58.4 Å². The number of carbonyl (C=O) groups is 1. The van der Waals surface area contributed by atoms with Gasteiger partial charge in [0.2, 0.25) is 5.91 Å². The summed E-state index contributed by atoms with van der Waals surface area (Å²) in [6, 6.07) is 7.66. The monoisotopic (exact) mass is 263 g/mol. The fraction of sp³-hybridized carbons (Fsp3) is 0.533. The third-order valence-electron chi connectivity index (χ3n) is 3.55. The Morgan fingerprint density at radius 1 is 1.26 bits per heavy atom. The fourth-order valence-electron chi connectivity index (χ4n) is 1.50. The van der Waals surface area contributed by atoms with Crippen molar-refractivity contribution in [2.24, 2.45) is 0 Å². The summed E-state index contributed by atoms with van der Waals surface area (Å²) in [6.45, 7) is 4.86. The molecule has 19 heavy (non-hydrogen) atoms. The van der Waals surface area contributed by atoms with E-state index in [1.165, 1.54) is 0 Å². The van der Waals surface area contributed by atoms with Crippen LogP contribution in [-0.2, 0) is 11.2 Å². The molecule has 0 fully saturated rings. The molecule has 0 aliphatic heterocycles. The number of hydrogen-bond acceptors (Lipinski definition) is 3. The van der Waals surface area contributed by atoms with Crippen molar-refractivity contribution in [2.45, 2.75) is 32.2 Å². The lowest BCUT2D eigenvalue weighted by Crippen LogP contribution is -2.48. The van der Waals surface area contributed by atoms with Gasteiger partial charge in [0.05, 0.1) is 0 Å². The average Bonchev–Trinajstić information content (AvgIpc) is 2.35. The summed E-state index contributed by atoms with van der Waals surface area (Å²) in [5.41, 5.74) is 7.48. The number of nitrogen functional groups attached to an aromatic ring is 1. The van der Waals surface area contributed by atoms with E-state index in [0.717, 1.165) is 17.7 Å². The van der Waals surface area contributed by atoms with Gasteiger partial charge in [0.1, 0.15) is 0 Å². The highest BCUT2D eigenvalue weighted by Crippen LogP contribution is 2.09. The number of amides is 1. The summed E-state index contributed by atoms with van der Waals surface area (Å²) in [7, 11) is 4.03. The standard InChI is InChI=1S/C15H25N3O/c1-15(2,18(3)4)11-17-14(19)10-7-12-5-8-13(16)9-6-12/h5-6,8-9H,7,10-11,16H2,1-4H3,(H,17,19). The van der Waals surface area contributed by atoms with Gasteiger partial charge in [0, 0.05) is 24.2 Å². The Hall–Kier alpha value is -1.55. The van der Waals surface area contributed by atoms with Crippen molar-refractivity contribution in [3.8, 4) is 0 Å². The molecule has 3 N–H and O–H groups in total. The lowest BCUT2D eigenvalue weighted by molar-refractivity contribution is -0.121. The summed E-state index contributed by atoms with van der Waals surface area (Å²) >= 11 is 0. The second-order valence-electron chi connectivity index (χ2n) is 5.73. The van der Waals surface area contributed by atoms with Crippen molar-refractivity contribution < 1.29 is 4.79 Å². The fourth-order valence-corrected chi connectivity index (χ4v) is 1.50. The zero-order valence-corrected chi connectivity index (χ0v) is 12.4. The number of nitrogens with one attached hydrogen (secondary N) is 1. The predicted molar refractivity (Wildman–Crippen MR) is 80.0 cm³/mol. The zero-order valence-electron chi connectivity index (χ0n) is 12.4. The molecule has 1 aromatic carbocycles. The maximum absolute atomic E-state index is 11.8. The molecule has 4 nitrogen and oxygen atoms in total. The first-order valence-corrected chi connectivity index (χ1v) is 6.60. The van der Waals surface area contributed by atoms with Crippen LogP contribution in [0.15, 0.2) is 24.3 Å². The number of carbonyl (C=O) groups excluding carboxylic acids is 1. The van der Waals surface area contributed by atoms with Gasteiger partial charge in [-0.05, 0) is 52.1 Å². The molecular weight excluding hydrogens is 238 g/mol. The van der Waals surface area contributed by atoms with Gasteiger partial charge in [-0.3, -0.25) is 4.79 Å². The molecule has 0 atom stereocenters. The molecule has 106 valence electrons. The molecule has 0 radical (unpaired) electrons. The first-order valence-electron chi connectivity index (χ1n) is 6.60. The molecule has 1 aromatic rings. The van der Waals surface area contributed by atoms with Gasteiger partial charge in [0.25, 0.3) is 0 Å². The van der Waals surface area contributed by atoms with E-state index in [-0.39, 0.29) is 11.4 Å². The smallest absolute Gasteiger partial charge is 0.220 e. The van der Waals surface area contributed by atoms with Gasteiger partial charge in [-0.1, -0.05) is 12.1 Å². The molecule has 0 unspecified atom stereocenters. The number of nitrogens with two attached hydrogens (primary N) is 1. The first kappa shape index (κ1) is 15.5. The number of hydrogen-bond donors (Lipinski definition) is 2. The largest absolute Gasteiger partial charge is 0.399 e. The van der Waals surface area contributed by atoms with Gasteiger partial charge >= 0.3 is 0 Å². The average molecular weight is 263 g/mol. The van der Waals surface area contributed by atoms with Crippen molar-refractivity contribution in [1.29, 1.82) is 0 Å². The van der Waals surface area contributed by atoms with E-state index >= 15 is 0 Å². The summed E-state index contributed by atoms with van der Waals surface area (Å²) in [5.74, 6) is 0.0896. The Balaban J connectivity index is 2.34. The molecule has 0 saturated carbocycles. The summed E-state index contributed by atoms with van der Waals surface area (Å²) in [4.78, 5) is 13.9. The van der Waals surface area contributed by atoms with E-state index in [1.807, 2.05) is 38.4 Å². The third kappa shape index (κ3) is 5.30. The van der Waals surface area contributed by atoms with E-state index in [1.54, 1.807) is 0 Å². The number of rotatable bonds is 6. The number of anilines is 1. The molecule has 4 heteroatoms. The molecule has 0 saturated heterocycles. The molecule has 0 aromatic heterocycles. The lowest BCUT2D eigenvalue weighted by Gasteiger charge is -2.32. The van der Waals surface area contributed by atoms with E-state index in [4.69, 9.17) is 5.73 Å².